The summed E-state index contributed by atoms with van der Waals surface area (Å²) in [5.74, 6) is -1.08. The van der Waals surface area contributed by atoms with Crippen LogP contribution in [0.15, 0.2) is 54.7 Å². The van der Waals surface area contributed by atoms with Gasteiger partial charge in [-0.15, -0.1) is 10.2 Å². The number of anilines is 1. The van der Waals surface area contributed by atoms with Crippen molar-refractivity contribution in [3.8, 4) is 22.5 Å². The van der Waals surface area contributed by atoms with Crippen molar-refractivity contribution in [3.05, 3.63) is 66.4 Å². The number of hydrogen-bond acceptors (Lipinski definition) is 5. The van der Waals surface area contributed by atoms with E-state index in [1.165, 1.54) is 18.3 Å². The molecule has 25 heavy (non-hydrogen) atoms. The Kier molecular flexibility index (Phi) is 3.53. The lowest BCUT2D eigenvalue weighted by molar-refractivity contribution is 0.630. The van der Waals surface area contributed by atoms with Gasteiger partial charge in [-0.1, -0.05) is 18.2 Å². The van der Waals surface area contributed by atoms with Crippen molar-refractivity contribution in [2.45, 2.75) is 0 Å². The summed E-state index contributed by atoms with van der Waals surface area (Å²) in [6, 6.07) is 12.5. The molecule has 0 aliphatic heterocycles. The summed E-state index contributed by atoms with van der Waals surface area (Å²) >= 11 is 0. The van der Waals surface area contributed by atoms with Gasteiger partial charge in [-0.3, -0.25) is 4.98 Å². The van der Waals surface area contributed by atoms with E-state index >= 15 is 0 Å². The van der Waals surface area contributed by atoms with Gasteiger partial charge in [-0.2, -0.15) is 0 Å². The predicted octanol–water partition coefficient (Wildman–Crippen LogP) is 3.61. The van der Waals surface area contributed by atoms with E-state index in [1.807, 2.05) is 0 Å². The van der Waals surface area contributed by atoms with Crippen LogP contribution in [0.4, 0.5) is 14.7 Å². The molecule has 7 heteroatoms. The summed E-state index contributed by atoms with van der Waals surface area (Å²) in [4.78, 5) is 8.13. The fourth-order valence-corrected chi connectivity index (χ4v) is 2.66. The van der Waals surface area contributed by atoms with E-state index < -0.39 is 11.6 Å². The molecule has 0 atom stereocenters. The van der Waals surface area contributed by atoms with E-state index in [0.717, 1.165) is 0 Å². The second kappa shape index (κ2) is 5.86. The van der Waals surface area contributed by atoms with Gasteiger partial charge >= 0.3 is 0 Å². The van der Waals surface area contributed by atoms with Crippen LogP contribution >= 0.6 is 0 Å². The zero-order chi connectivity index (χ0) is 17.4. The smallest absolute Gasteiger partial charge is 0.240 e. The summed E-state index contributed by atoms with van der Waals surface area (Å²) in [5.41, 5.74) is 6.94. The minimum atomic E-state index is -0.508. The average Bonchev–Trinajstić information content (AvgIpc) is 2.62. The van der Waals surface area contributed by atoms with Crippen molar-refractivity contribution in [3.63, 3.8) is 0 Å². The second-order valence-corrected chi connectivity index (χ2v) is 5.38. The van der Waals surface area contributed by atoms with Crippen LogP contribution in [-0.4, -0.2) is 20.2 Å². The quantitative estimate of drug-likeness (QED) is 0.605. The number of halogens is 2. The summed E-state index contributed by atoms with van der Waals surface area (Å²) in [5, 5.41) is 8.35. The average molecular weight is 335 g/mol. The molecule has 2 aromatic heterocycles. The Hall–Kier alpha value is -3.48. The second-order valence-electron chi connectivity index (χ2n) is 5.38. The van der Waals surface area contributed by atoms with E-state index in [-0.39, 0.29) is 28.4 Å². The first-order chi connectivity index (χ1) is 12.1. The Bertz CT molecular complexity index is 1100. The van der Waals surface area contributed by atoms with E-state index in [0.29, 0.717) is 10.9 Å². The number of hydrogen-bond donors (Lipinski definition) is 1. The van der Waals surface area contributed by atoms with E-state index in [9.17, 15) is 8.78 Å². The van der Waals surface area contributed by atoms with Crippen molar-refractivity contribution < 1.29 is 8.78 Å². The number of rotatable bonds is 2. The highest BCUT2D eigenvalue weighted by Gasteiger charge is 2.17. The lowest BCUT2D eigenvalue weighted by Crippen LogP contribution is -2.03. The van der Waals surface area contributed by atoms with E-state index in [4.69, 9.17) is 5.73 Å². The first-order valence-corrected chi connectivity index (χ1v) is 7.43. The van der Waals surface area contributed by atoms with Crippen LogP contribution in [0, 0.1) is 11.6 Å². The maximum Gasteiger partial charge on any atom is 0.240 e. The van der Waals surface area contributed by atoms with Crippen molar-refractivity contribution >= 4 is 16.9 Å². The Balaban J connectivity index is 2.00. The summed E-state index contributed by atoms with van der Waals surface area (Å²) < 4.78 is 28.6. The van der Waals surface area contributed by atoms with Crippen LogP contribution in [0.2, 0.25) is 0 Å². The summed E-state index contributed by atoms with van der Waals surface area (Å²) in [6.07, 6.45) is 1.51. The third kappa shape index (κ3) is 2.65. The number of benzene rings is 2. The SMILES string of the molecule is Nc1nnc(-c2cc(F)c3ncccc3c2)c(-c2ccccc2F)n1. The van der Waals surface area contributed by atoms with Crippen LogP contribution in [0.1, 0.15) is 0 Å². The molecule has 0 unspecified atom stereocenters. The highest BCUT2D eigenvalue weighted by Crippen LogP contribution is 2.32. The molecule has 0 aliphatic carbocycles. The molecule has 0 spiro atoms. The van der Waals surface area contributed by atoms with Gasteiger partial charge in [0.1, 0.15) is 28.5 Å². The third-order valence-corrected chi connectivity index (χ3v) is 3.76. The van der Waals surface area contributed by atoms with Crippen LogP contribution in [0.25, 0.3) is 33.4 Å². The van der Waals surface area contributed by atoms with Gasteiger partial charge in [0.2, 0.25) is 5.95 Å². The molecule has 0 amide bonds. The van der Waals surface area contributed by atoms with Gasteiger partial charge in [-0.05, 0) is 30.3 Å². The highest BCUT2D eigenvalue weighted by molar-refractivity contribution is 5.87. The number of fused-ring (bicyclic) bond motifs is 1. The lowest BCUT2D eigenvalue weighted by Gasteiger charge is -2.10. The third-order valence-electron chi connectivity index (χ3n) is 3.76. The minimum absolute atomic E-state index is 0.0927. The number of pyridine rings is 1. The fourth-order valence-electron chi connectivity index (χ4n) is 2.66. The number of nitrogens with two attached hydrogens (primary N) is 1. The topological polar surface area (TPSA) is 77.6 Å². The molecule has 0 saturated carbocycles. The van der Waals surface area contributed by atoms with Crippen molar-refractivity contribution in [1.29, 1.82) is 0 Å². The normalized spacial score (nSPS) is 11.0. The van der Waals surface area contributed by atoms with Crippen LogP contribution in [0.3, 0.4) is 0 Å². The first kappa shape index (κ1) is 15.1. The van der Waals surface area contributed by atoms with Crippen LogP contribution in [-0.2, 0) is 0 Å². The van der Waals surface area contributed by atoms with Crippen LogP contribution in [0.5, 0.6) is 0 Å². The highest BCUT2D eigenvalue weighted by atomic mass is 19.1. The monoisotopic (exact) mass is 335 g/mol. The molecule has 5 nitrogen and oxygen atoms in total. The van der Waals surface area contributed by atoms with Gasteiger partial charge in [-0.25, -0.2) is 13.8 Å². The number of aromatic nitrogens is 4. The van der Waals surface area contributed by atoms with E-state index in [1.54, 1.807) is 36.4 Å². The van der Waals surface area contributed by atoms with E-state index in [2.05, 4.69) is 20.2 Å². The molecule has 0 fully saturated rings. The molecule has 2 N–H and O–H groups in total. The zero-order valence-corrected chi connectivity index (χ0v) is 12.8. The van der Waals surface area contributed by atoms with Gasteiger partial charge < -0.3 is 5.73 Å². The Morgan fingerprint density at radius 1 is 0.840 bits per heavy atom. The fraction of sp³-hybridized carbons (Fsp3) is 0. The number of nitrogen functional groups attached to an aromatic ring is 1. The van der Waals surface area contributed by atoms with Crippen molar-refractivity contribution in [2.75, 3.05) is 5.73 Å². The molecule has 4 aromatic rings. The molecule has 2 aromatic carbocycles. The molecule has 0 aliphatic rings. The van der Waals surface area contributed by atoms with Crippen LogP contribution < -0.4 is 5.73 Å². The van der Waals surface area contributed by atoms with Crippen molar-refractivity contribution in [2.24, 2.45) is 0 Å². The number of nitrogens with zero attached hydrogens (tertiary/aromatic N) is 4. The molecule has 122 valence electrons. The first-order valence-electron chi connectivity index (χ1n) is 7.43. The molecule has 4 rings (SSSR count). The Labute approximate surface area is 141 Å². The molecular formula is C18H11F2N5. The molecular weight excluding hydrogens is 324 g/mol. The summed E-state index contributed by atoms with van der Waals surface area (Å²) in [7, 11) is 0. The largest absolute Gasteiger partial charge is 0.366 e. The maximum absolute atomic E-state index is 14.4. The van der Waals surface area contributed by atoms with Gasteiger partial charge in [0.05, 0.1) is 0 Å². The molecule has 2 heterocycles. The van der Waals surface area contributed by atoms with Gasteiger partial charge in [0.15, 0.2) is 0 Å². The van der Waals surface area contributed by atoms with Crippen molar-refractivity contribution in [1.82, 2.24) is 20.2 Å². The van der Waals surface area contributed by atoms with Gasteiger partial charge in [0.25, 0.3) is 0 Å². The zero-order valence-electron chi connectivity index (χ0n) is 12.8. The Morgan fingerprint density at radius 3 is 2.52 bits per heavy atom. The minimum Gasteiger partial charge on any atom is -0.366 e. The predicted molar refractivity (Wildman–Crippen MR) is 90.3 cm³/mol. The van der Waals surface area contributed by atoms with Gasteiger partial charge in [0, 0.05) is 22.7 Å². The molecule has 0 saturated heterocycles. The Morgan fingerprint density at radius 2 is 1.68 bits per heavy atom. The maximum atomic E-state index is 14.4. The summed E-state index contributed by atoms with van der Waals surface area (Å²) in [6.45, 7) is 0. The standard InChI is InChI=1S/C18H11F2N5/c19-13-6-2-1-5-12(13)17-16(24-25-18(21)23-17)11-8-10-4-3-7-22-15(10)14(20)9-11/h1-9H,(H2,21,23,25). The molecule has 0 radical (unpaired) electrons. The molecule has 0 bridgehead atoms. The lowest BCUT2D eigenvalue weighted by atomic mass is 10.0.